The highest BCUT2D eigenvalue weighted by atomic mass is 35.5. The molecule has 1 aliphatic rings. The van der Waals surface area contributed by atoms with E-state index in [9.17, 15) is 14.3 Å². The fraction of sp³-hybridized carbons (Fsp3) is 0.261. The molecule has 0 unspecified atom stereocenters. The highest BCUT2D eigenvalue weighted by Crippen LogP contribution is 2.34. The van der Waals surface area contributed by atoms with Crippen LogP contribution >= 0.6 is 23.2 Å². The Hall–Kier alpha value is -2.94. The van der Waals surface area contributed by atoms with Crippen molar-refractivity contribution in [2.75, 3.05) is 17.2 Å². The first-order chi connectivity index (χ1) is 15.9. The summed E-state index contributed by atoms with van der Waals surface area (Å²) in [6, 6.07) is 7.53. The molecule has 1 fully saturated rings. The molecule has 0 saturated heterocycles. The van der Waals surface area contributed by atoms with Crippen molar-refractivity contribution >= 4 is 40.9 Å². The van der Waals surface area contributed by atoms with Crippen LogP contribution in [0.5, 0.6) is 0 Å². The summed E-state index contributed by atoms with van der Waals surface area (Å²) in [5.74, 6) is 0.423. The smallest absolute Gasteiger partial charge is 0.266 e. The molecule has 172 valence electrons. The topological polar surface area (TPSA) is 103 Å². The Bertz CT molecular complexity index is 1230. The van der Waals surface area contributed by atoms with Gasteiger partial charge in [-0.25, -0.2) is 9.37 Å². The molecule has 1 atom stereocenters. The van der Waals surface area contributed by atoms with E-state index in [-0.39, 0.29) is 40.4 Å². The van der Waals surface area contributed by atoms with Crippen molar-refractivity contribution in [3.05, 3.63) is 80.1 Å². The molecule has 10 heteroatoms. The van der Waals surface area contributed by atoms with Crippen LogP contribution in [0.4, 0.5) is 15.9 Å². The number of hydrogen-bond acceptors (Lipinski definition) is 6. The van der Waals surface area contributed by atoms with Gasteiger partial charge >= 0.3 is 0 Å². The fourth-order valence-electron chi connectivity index (χ4n) is 3.61. The molecule has 0 bridgehead atoms. The van der Waals surface area contributed by atoms with Crippen LogP contribution in [0.1, 0.15) is 24.0 Å². The van der Waals surface area contributed by atoms with Crippen molar-refractivity contribution < 1.29 is 9.50 Å². The van der Waals surface area contributed by atoms with Gasteiger partial charge in [0.15, 0.2) is 0 Å². The van der Waals surface area contributed by atoms with Crippen LogP contribution in [-0.2, 0) is 6.54 Å². The number of nitrogens with one attached hydrogen (secondary N) is 3. The summed E-state index contributed by atoms with van der Waals surface area (Å²) in [4.78, 5) is 17.4. The molecule has 7 nitrogen and oxygen atoms in total. The van der Waals surface area contributed by atoms with Crippen molar-refractivity contribution in [2.24, 2.45) is 5.92 Å². The van der Waals surface area contributed by atoms with Crippen LogP contribution in [0.25, 0.3) is 5.69 Å². The maximum Gasteiger partial charge on any atom is 0.266 e. The predicted molar refractivity (Wildman–Crippen MR) is 129 cm³/mol. The summed E-state index contributed by atoms with van der Waals surface area (Å²) in [6.07, 6.45) is 5.99. The third-order valence-corrected chi connectivity index (χ3v) is 6.25. The number of halogens is 3. The predicted octanol–water partition coefficient (Wildman–Crippen LogP) is 4.47. The Morgan fingerprint density at radius 1 is 1.30 bits per heavy atom. The van der Waals surface area contributed by atoms with E-state index in [2.05, 4.69) is 15.6 Å². The molecular formula is C23H22Cl2FN5O2. The third-order valence-electron chi connectivity index (χ3n) is 5.61. The molecule has 4 N–H and O–H groups in total. The normalized spacial score (nSPS) is 14.1. The molecule has 0 spiro atoms. The highest BCUT2D eigenvalue weighted by molar-refractivity contribution is 6.32. The van der Waals surface area contributed by atoms with Gasteiger partial charge in [0.05, 0.1) is 40.8 Å². The Morgan fingerprint density at radius 2 is 2.09 bits per heavy atom. The van der Waals surface area contributed by atoms with E-state index in [0.29, 0.717) is 23.1 Å². The number of rotatable bonds is 9. The molecule has 2 heterocycles. The number of aliphatic hydroxyl groups is 1. The van der Waals surface area contributed by atoms with E-state index in [4.69, 9.17) is 28.6 Å². The first-order valence-corrected chi connectivity index (χ1v) is 11.1. The number of aliphatic hydroxyl groups excluding tert-OH is 1. The van der Waals surface area contributed by atoms with Crippen LogP contribution in [0.3, 0.4) is 0 Å². The van der Waals surface area contributed by atoms with E-state index in [1.54, 1.807) is 18.2 Å². The molecule has 0 amide bonds. The van der Waals surface area contributed by atoms with Gasteiger partial charge in [-0.2, -0.15) is 0 Å². The van der Waals surface area contributed by atoms with Crippen molar-refractivity contribution in [1.82, 2.24) is 9.55 Å². The van der Waals surface area contributed by atoms with E-state index >= 15 is 0 Å². The molecule has 0 aliphatic heterocycles. The Kier molecular flexibility index (Phi) is 6.97. The van der Waals surface area contributed by atoms with Crippen molar-refractivity contribution in [3.8, 4) is 5.69 Å². The van der Waals surface area contributed by atoms with Gasteiger partial charge in [0.25, 0.3) is 5.56 Å². The lowest BCUT2D eigenvalue weighted by molar-refractivity contribution is 0.263. The van der Waals surface area contributed by atoms with E-state index in [1.807, 2.05) is 0 Å². The molecule has 2 aromatic heterocycles. The van der Waals surface area contributed by atoms with Gasteiger partial charge in [0.1, 0.15) is 11.6 Å². The largest absolute Gasteiger partial charge is 0.394 e. The zero-order valence-corrected chi connectivity index (χ0v) is 19.0. The van der Waals surface area contributed by atoms with Crippen molar-refractivity contribution in [2.45, 2.75) is 25.4 Å². The average molecular weight is 490 g/mol. The monoisotopic (exact) mass is 489 g/mol. The Morgan fingerprint density at radius 3 is 2.76 bits per heavy atom. The van der Waals surface area contributed by atoms with E-state index in [1.165, 1.54) is 29.1 Å². The van der Waals surface area contributed by atoms with E-state index in [0.717, 1.165) is 19.1 Å². The van der Waals surface area contributed by atoms with Gasteiger partial charge in [0.2, 0.25) is 0 Å². The summed E-state index contributed by atoms with van der Waals surface area (Å²) < 4.78 is 15.4. The second kappa shape index (κ2) is 9.91. The van der Waals surface area contributed by atoms with Crippen LogP contribution in [0, 0.1) is 17.1 Å². The van der Waals surface area contributed by atoms with Gasteiger partial charge in [-0.15, -0.1) is 0 Å². The lowest BCUT2D eigenvalue weighted by Gasteiger charge is -2.18. The molecule has 1 saturated carbocycles. The molecular weight excluding hydrogens is 468 g/mol. The zero-order chi connectivity index (χ0) is 23.5. The van der Waals surface area contributed by atoms with Gasteiger partial charge in [-0.3, -0.25) is 9.36 Å². The summed E-state index contributed by atoms with van der Waals surface area (Å²) >= 11 is 12.4. The minimum Gasteiger partial charge on any atom is -0.394 e. The maximum absolute atomic E-state index is 14.1. The minimum atomic E-state index is -0.477. The molecule has 1 aromatic carbocycles. The molecule has 4 rings (SSSR count). The van der Waals surface area contributed by atoms with Gasteiger partial charge < -0.3 is 21.1 Å². The third kappa shape index (κ3) is 5.03. The second-order valence-electron chi connectivity index (χ2n) is 7.81. The van der Waals surface area contributed by atoms with Gasteiger partial charge in [0, 0.05) is 35.6 Å². The van der Waals surface area contributed by atoms with Crippen molar-refractivity contribution in [1.29, 1.82) is 5.41 Å². The fourth-order valence-corrected chi connectivity index (χ4v) is 4.04. The zero-order valence-electron chi connectivity index (χ0n) is 17.5. The summed E-state index contributed by atoms with van der Waals surface area (Å²) in [5, 5.41) is 24.1. The molecule has 33 heavy (non-hydrogen) atoms. The summed E-state index contributed by atoms with van der Waals surface area (Å²) in [7, 11) is 0. The van der Waals surface area contributed by atoms with E-state index < -0.39 is 11.4 Å². The number of hydrogen-bond donors (Lipinski definition) is 4. The van der Waals surface area contributed by atoms with Gasteiger partial charge in [-0.1, -0.05) is 29.3 Å². The van der Waals surface area contributed by atoms with Gasteiger partial charge in [-0.05, 0) is 37.0 Å². The highest BCUT2D eigenvalue weighted by Gasteiger charge is 2.31. The standard InChI is InChI=1S/C23H22Cl2FN5O2/c24-16-2-1-3-18(26)15(16)10-28-19-6-7-31(23(33)14(19)9-27)21-8-22(29-11-17(21)25)30-20(12-32)13-4-5-13/h1-3,6-9,11,13,20,27-28,32H,4-5,10,12H2,(H,29,30)/t20-/m1/s1. The quantitative estimate of drug-likeness (QED) is 0.332. The summed E-state index contributed by atoms with van der Waals surface area (Å²) in [6.45, 7) is 0.0260. The Balaban J connectivity index is 1.63. The number of benzene rings is 1. The molecule has 1 aliphatic carbocycles. The van der Waals surface area contributed by atoms with Crippen LogP contribution < -0.4 is 16.2 Å². The minimum absolute atomic E-state index is 0.0192. The Labute approximate surface area is 199 Å². The number of anilines is 2. The lowest BCUT2D eigenvalue weighted by Crippen LogP contribution is -2.27. The van der Waals surface area contributed by atoms with Crippen LogP contribution in [-0.4, -0.2) is 33.5 Å². The lowest BCUT2D eigenvalue weighted by atomic mass is 10.2. The molecule has 0 radical (unpaired) electrons. The second-order valence-corrected chi connectivity index (χ2v) is 8.62. The SMILES string of the molecule is N=Cc1c(NCc2c(F)cccc2Cl)ccn(-c2cc(N[C@H](CO)C3CC3)ncc2Cl)c1=O. The number of nitrogens with zero attached hydrogens (tertiary/aromatic N) is 2. The van der Waals surface area contributed by atoms with Crippen LogP contribution in [0.2, 0.25) is 10.0 Å². The number of pyridine rings is 2. The first-order valence-electron chi connectivity index (χ1n) is 10.4. The first kappa shape index (κ1) is 23.2. The number of aromatic nitrogens is 2. The summed E-state index contributed by atoms with van der Waals surface area (Å²) in [5.41, 5.74) is 0.621. The molecule has 3 aromatic rings. The average Bonchev–Trinajstić information content (AvgIpc) is 3.64. The maximum atomic E-state index is 14.1. The van der Waals surface area contributed by atoms with Crippen molar-refractivity contribution in [3.63, 3.8) is 0 Å². The van der Waals surface area contributed by atoms with Crippen LogP contribution in [0.15, 0.2) is 47.5 Å².